The Balaban J connectivity index is 0.00000242. The van der Waals surface area contributed by atoms with Gasteiger partial charge in [-0.15, -0.1) is 12.4 Å². The fourth-order valence-corrected chi connectivity index (χ4v) is 2.99. The number of hydrogen-bond donors (Lipinski definition) is 2. The van der Waals surface area contributed by atoms with Crippen LogP contribution in [0.4, 0.5) is 0 Å². The van der Waals surface area contributed by atoms with Crippen LogP contribution < -0.4 is 10.6 Å². The Morgan fingerprint density at radius 1 is 1.41 bits per heavy atom. The lowest BCUT2D eigenvalue weighted by atomic mass is 9.96. The number of likely N-dealkylation sites (tertiary alicyclic amines) is 1. The highest BCUT2D eigenvalue weighted by atomic mass is 35.5. The number of halogens is 1. The average Bonchev–Trinajstić information content (AvgIpc) is 2.52. The summed E-state index contributed by atoms with van der Waals surface area (Å²) in [7, 11) is 0. The Bertz CT molecular complexity index is 381. The molecule has 0 aromatic heterocycles. The second-order valence-electron chi connectivity index (χ2n) is 5.92. The molecule has 0 saturated carbocycles. The molecule has 0 aromatic carbocycles. The molecule has 2 saturated heterocycles. The number of carbonyl (C=O) groups excluding carboxylic acids is 2. The van der Waals surface area contributed by atoms with Gasteiger partial charge in [0, 0.05) is 26.2 Å². The molecule has 0 aliphatic carbocycles. The first kappa shape index (κ1) is 19.2. The molecule has 2 amide bonds. The highest BCUT2D eigenvalue weighted by Crippen LogP contribution is 2.19. The maximum Gasteiger partial charge on any atom is 0.242 e. The van der Waals surface area contributed by atoms with Gasteiger partial charge in [-0.3, -0.25) is 9.59 Å². The molecule has 2 rings (SSSR count). The number of nitrogens with one attached hydrogen (secondary N) is 2. The molecular formula is C15H28ClN3O3. The van der Waals surface area contributed by atoms with Gasteiger partial charge < -0.3 is 20.3 Å². The first-order chi connectivity index (χ1) is 10.1. The minimum absolute atomic E-state index is 0. The number of rotatable bonds is 4. The molecule has 0 radical (unpaired) electrons. The van der Waals surface area contributed by atoms with Gasteiger partial charge >= 0.3 is 0 Å². The lowest BCUT2D eigenvalue weighted by molar-refractivity contribution is -0.142. The zero-order valence-corrected chi connectivity index (χ0v) is 14.3. The minimum Gasteiger partial charge on any atom is -0.375 e. The molecule has 2 N–H and O–H groups in total. The van der Waals surface area contributed by atoms with Crippen LogP contribution in [0.2, 0.25) is 0 Å². The van der Waals surface area contributed by atoms with Crippen molar-refractivity contribution in [3.05, 3.63) is 0 Å². The number of hydrogen-bond acceptors (Lipinski definition) is 4. The molecule has 7 heteroatoms. The van der Waals surface area contributed by atoms with Gasteiger partial charge in [0.25, 0.3) is 0 Å². The van der Waals surface area contributed by atoms with E-state index in [0.717, 1.165) is 25.8 Å². The van der Waals surface area contributed by atoms with Crippen LogP contribution in [0, 0.1) is 5.92 Å². The molecule has 0 aromatic rings. The van der Waals surface area contributed by atoms with Gasteiger partial charge in [0.1, 0.15) is 6.04 Å². The number of nitrogens with zero attached hydrogens (tertiary/aromatic N) is 1. The molecule has 3 atom stereocenters. The molecule has 0 spiro atoms. The highest BCUT2D eigenvalue weighted by molar-refractivity contribution is 5.85. The molecule has 2 heterocycles. The summed E-state index contributed by atoms with van der Waals surface area (Å²) in [6.45, 7) is 7.28. The van der Waals surface area contributed by atoms with E-state index in [2.05, 4.69) is 10.6 Å². The van der Waals surface area contributed by atoms with E-state index in [4.69, 9.17) is 4.74 Å². The van der Waals surface area contributed by atoms with Crippen molar-refractivity contribution in [2.45, 2.75) is 45.3 Å². The van der Waals surface area contributed by atoms with Gasteiger partial charge in [0.15, 0.2) is 0 Å². The summed E-state index contributed by atoms with van der Waals surface area (Å²) in [5, 5.41) is 6.16. The predicted octanol–water partition coefficient (Wildman–Crippen LogP) is 0.550. The second-order valence-corrected chi connectivity index (χ2v) is 5.92. The molecular weight excluding hydrogens is 306 g/mol. The summed E-state index contributed by atoms with van der Waals surface area (Å²) in [4.78, 5) is 26.5. The van der Waals surface area contributed by atoms with E-state index in [1.165, 1.54) is 0 Å². The second kappa shape index (κ2) is 9.33. The summed E-state index contributed by atoms with van der Waals surface area (Å²) < 4.78 is 5.54. The molecule has 2 fully saturated rings. The van der Waals surface area contributed by atoms with E-state index >= 15 is 0 Å². The highest BCUT2D eigenvalue weighted by Gasteiger charge is 2.35. The van der Waals surface area contributed by atoms with Crippen molar-refractivity contribution in [1.29, 1.82) is 0 Å². The summed E-state index contributed by atoms with van der Waals surface area (Å²) >= 11 is 0. The van der Waals surface area contributed by atoms with Gasteiger partial charge in [-0.25, -0.2) is 0 Å². The van der Waals surface area contributed by atoms with Crippen molar-refractivity contribution in [1.82, 2.24) is 15.5 Å². The van der Waals surface area contributed by atoms with Crippen molar-refractivity contribution in [3.63, 3.8) is 0 Å². The zero-order valence-electron chi connectivity index (χ0n) is 13.5. The number of carbonyl (C=O) groups is 2. The summed E-state index contributed by atoms with van der Waals surface area (Å²) in [5.74, 6) is 0.0690. The molecule has 6 nitrogen and oxygen atoms in total. The average molecular weight is 334 g/mol. The fraction of sp³-hybridized carbons (Fsp3) is 0.867. The number of morpholine rings is 1. The van der Waals surface area contributed by atoms with Crippen LogP contribution in [-0.4, -0.2) is 61.6 Å². The van der Waals surface area contributed by atoms with Crippen molar-refractivity contribution >= 4 is 24.2 Å². The largest absolute Gasteiger partial charge is 0.375 e. The zero-order chi connectivity index (χ0) is 15.2. The third-order valence-electron chi connectivity index (χ3n) is 4.24. The number of ether oxygens (including phenoxy) is 1. The summed E-state index contributed by atoms with van der Waals surface area (Å²) in [6, 6.07) is -0.281. The lowest BCUT2D eigenvalue weighted by Crippen LogP contribution is -2.58. The van der Waals surface area contributed by atoms with E-state index in [-0.39, 0.29) is 42.3 Å². The van der Waals surface area contributed by atoms with E-state index in [0.29, 0.717) is 26.2 Å². The van der Waals surface area contributed by atoms with Crippen molar-refractivity contribution in [2.24, 2.45) is 5.92 Å². The van der Waals surface area contributed by atoms with Crippen molar-refractivity contribution < 1.29 is 14.3 Å². The Morgan fingerprint density at radius 2 is 2.18 bits per heavy atom. The topological polar surface area (TPSA) is 70.7 Å². The van der Waals surface area contributed by atoms with Crippen molar-refractivity contribution in [3.8, 4) is 0 Å². The predicted molar refractivity (Wildman–Crippen MR) is 87.1 cm³/mol. The number of piperidine rings is 1. The molecule has 128 valence electrons. The summed E-state index contributed by atoms with van der Waals surface area (Å²) in [5.41, 5.74) is 0. The lowest BCUT2D eigenvalue weighted by Gasteiger charge is -2.37. The Morgan fingerprint density at radius 3 is 2.86 bits per heavy atom. The van der Waals surface area contributed by atoms with E-state index in [1.54, 1.807) is 0 Å². The first-order valence-corrected chi connectivity index (χ1v) is 8.05. The third-order valence-corrected chi connectivity index (χ3v) is 4.24. The van der Waals surface area contributed by atoms with Gasteiger partial charge in [-0.1, -0.05) is 6.92 Å². The van der Waals surface area contributed by atoms with E-state index in [9.17, 15) is 9.59 Å². The maximum atomic E-state index is 12.6. The summed E-state index contributed by atoms with van der Waals surface area (Å²) in [6.07, 6.45) is 2.57. The molecule has 0 bridgehead atoms. The van der Waals surface area contributed by atoms with E-state index in [1.807, 2.05) is 18.7 Å². The monoisotopic (exact) mass is 333 g/mol. The number of amides is 2. The van der Waals surface area contributed by atoms with Gasteiger partial charge in [-0.2, -0.15) is 0 Å². The minimum atomic E-state index is -0.281. The van der Waals surface area contributed by atoms with Crippen LogP contribution in [0.5, 0.6) is 0 Å². The molecule has 2 aliphatic heterocycles. The Labute approximate surface area is 138 Å². The van der Waals surface area contributed by atoms with E-state index < -0.39 is 0 Å². The molecule has 22 heavy (non-hydrogen) atoms. The quantitative estimate of drug-likeness (QED) is 0.788. The van der Waals surface area contributed by atoms with Crippen LogP contribution in [0.15, 0.2) is 0 Å². The standard InChI is InChI=1S/C15H27N3O3.ClH/c1-3-6-17-14(19)12-5-4-8-18(10-12)15(20)13-11(2)21-9-7-16-13;/h11-13,16H,3-10H2,1-2H3,(H,17,19);1H/t11-,12?,13+;/m1./s1. The Hall–Kier alpha value is -0.850. The fourth-order valence-electron chi connectivity index (χ4n) is 2.99. The molecule has 2 aliphatic rings. The van der Waals surface area contributed by atoms with Crippen molar-refractivity contribution in [2.75, 3.05) is 32.8 Å². The normalized spacial score (nSPS) is 28.6. The van der Waals surface area contributed by atoms with Gasteiger partial charge in [0.05, 0.1) is 18.6 Å². The third kappa shape index (κ3) is 4.83. The van der Waals surface area contributed by atoms with Crippen LogP contribution in [0.3, 0.4) is 0 Å². The SMILES string of the molecule is CCCNC(=O)C1CCCN(C(=O)[C@H]2NCCO[C@@H]2C)C1.Cl. The smallest absolute Gasteiger partial charge is 0.242 e. The Kier molecular flexibility index (Phi) is 8.14. The maximum absolute atomic E-state index is 12.6. The van der Waals surface area contributed by atoms with Crippen LogP contribution in [0.1, 0.15) is 33.1 Å². The van der Waals surface area contributed by atoms with Crippen LogP contribution in [0.25, 0.3) is 0 Å². The van der Waals surface area contributed by atoms with Crippen LogP contribution >= 0.6 is 12.4 Å². The first-order valence-electron chi connectivity index (χ1n) is 8.05. The van der Waals surface area contributed by atoms with Gasteiger partial charge in [0.2, 0.25) is 11.8 Å². The molecule has 1 unspecified atom stereocenters. The van der Waals surface area contributed by atoms with Gasteiger partial charge in [-0.05, 0) is 26.2 Å². The van der Waals surface area contributed by atoms with Crippen LogP contribution in [-0.2, 0) is 14.3 Å².